The van der Waals surface area contributed by atoms with Gasteiger partial charge in [0.05, 0.1) is 31.3 Å². The van der Waals surface area contributed by atoms with Crippen LogP contribution in [0.5, 0.6) is 0 Å². The highest BCUT2D eigenvalue weighted by atomic mass is 16.5. The third kappa shape index (κ3) is 11.1. The molecule has 0 spiro atoms. The quantitative estimate of drug-likeness (QED) is 0.0841. The Morgan fingerprint density at radius 2 is 1.19 bits per heavy atom. The van der Waals surface area contributed by atoms with E-state index < -0.39 is 35.2 Å². The summed E-state index contributed by atoms with van der Waals surface area (Å²) in [7, 11) is 1.45. The number of ketones is 1. The van der Waals surface area contributed by atoms with Crippen LogP contribution in [-0.2, 0) is 38.1 Å². The van der Waals surface area contributed by atoms with Crippen molar-refractivity contribution in [3.8, 4) is 0 Å². The third-order valence-corrected chi connectivity index (χ3v) is 4.49. The van der Waals surface area contributed by atoms with Gasteiger partial charge in [-0.25, -0.2) is 9.59 Å². The van der Waals surface area contributed by atoms with Crippen molar-refractivity contribution in [1.29, 1.82) is 0 Å². The first-order valence-electron chi connectivity index (χ1n) is 11.1. The van der Waals surface area contributed by atoms with E-state index in [4.69, 9.17) is 18.9 Å². The molecule has 0 heterocycles. The van der Waals surface area contributed by atoms with Crippen LogP contribution < -0.4 is 0 Å². The lowest BCUT2D eigenvalue weighted by Gasteiger charge is -2.21. The first kappa shape index (κ1) is 28.8. The molecule has 0 aromatic rings. The van der Waals surface area contributed by atoms with Crippen LogP contribution in [0.25, 0.3) is 0 Å². The van der Waals surface area contributed by atoms with Crippen molar-refractivity contribution in [2.75, 3.05) is 33.5 Å². The van der Waals surface area contributed by atoms with Crippen LogP contribution in [0.2, 0.25) is 0 Å². The Balaban J connectivity index is 6.22. The maximum atomic E-state index is 12.9. The number of carbonyl (C=O) groups excluding carboxylic acids is 4. The number of rotatable bonds is 17. The van der Waals surface area contributed by atoms with Gasteiger partial charge in [-0.3, -0.25) is 9.59 Å². The molecule has 1 atom stereocenters. The predicted molar refractivity (Wildman–Crippen MR) is 115 cm³/mol. The predicted octanol–water partition coefficient (Wildman–Crippen LogP) is 3.55. The van der Waals surface area contributed by atoms with E-state index in [1.165, 1.54) is 7.11 Å². The van der Waals surface area contributed by atoms with Crippen molar-refractivity contribution in [1.82, 2.24) is 0 Å². The van der Waals surface area contributed by atoms with Crippen molar-refractivity contribution in [3.63, 3.8) is 0 Å². The van der Waals surface area contributed by atoms with Gasteiger partial charge in [-0.15, -0.1) is 0 Å². The van der Waals surface area contributed by atoms with Gasteiger partial charge in [0, 0.05) is 13.7 Å². The number of carbonyl (C=O) groups is 4. The topological polar surface area (TPSA) is 105 Å². The van der Waals surface area contributed by atoms with E-state index in [-0.39, 0.29) is 38.4 Å². The lowest BCUT2D eigenvalue weighted by molar-refractivity contribution is -0.151. The lowest BCUT2D eigenvalue weighted by atomic mass is 9.89. The third-order valence-electron chi connectivity index (χ3n) is 4.49. The average Bonchev–Trinajstić information content (AvgIpc) is 2.73. The number of hydrogen-bond acceptors (Lipinski definition) is 8. The van der Waals surface area contributed by atoms with Crippen LogP contribution in [-0.4, -0.2) is 57.2 Å². The summed E-state index contributed by atoms with van der Waals surface area (Å²) in [5, 5.41) is 0. The van der Waals surface area contributed by atoms with Gasteiger partial charge in [0.25, 0.3) is 0 Å². The van der Waals surface area contributed by atoms with Crippen molar-refractivity contribution < 1.29 is 38.1 Å². The molecular formula is C23H38O8. The first-order chi connectivity index (χ1) is 14.8. The summed E-state index contributed by atoms with van der Waals surface area (Å²) >= 11 is 0. The highest BCUT2D eigenvalue weighted by Crippen LogP contribution is 2.25. The van der Waals surface area contributed by atoms with Crippen LogP contribution >= 0.6 is 0 Å². The van der Waals surface area contributed by atoms with Gasteiger partial charge in [-0.2, -0.15) is 0 Å². The lowest BCUT2D eigenvalue weighted by Crippen LogP contribution is -2.31. The summed E-state index contributed by atoms with van der Waals surface area (Å²) < 4.78 is 20.8. The van der Waals surface area contributed by atoms with Crippen molar-refractivity contribution in [2.24, 2.45) is 5.92 Å². The Morgan fingerprint density at radius 3 is 1.65 bits per heavy atom. The number of unbranched alkanes of at least 4 members (excludes halogenated alkanes) is 3. The van der Waals surface area contributed by atoms with Crippen LogP contribution in [0.1, 0.15) is 72.6 Å². The van der Waals surface area contributed by atoms with Gasteiger partial charge in [-0.05, 0) is 32.6 Å². The molecule has 0 fully saturated rings. The molecule has 0 saturated heterocycles. The van der Waals surface area contributed by atoms with E-state index in [1.54, 1.807) is 0 Å². The molecule has 0 aliphatic rings. The summed E-state index contributed by atoms with van der Waals surface area (Å²) in [6.45, 7) is 7.48. The summed E-state index contributed by atoms with van der Waals surface area (Å²) in [6, 6.07) is 0. The number of ether oxygens (including phenoxy) is 4. The molecule has 0 radical (unpaired) electrons. The van der Waals surface area contributed by atoms with Gasteiger partial charge >= 0.3 is 17.9 Å². The summed E-state index contributed by atoms with van der Waals surface area (Å²) in [4.78, 5) is 50.9. The molecule has 0 aliphatic heterocycles. The van der Waals surface area contributed by atoms with E-state index in [0.717, 1.165) is 26.2 Å². The molecule has 0 aromatic carbocycles. The van der Waals surface area contributed by atoms with Crippen LogP contribution in [0.4, 0.5) is 0 Å². The second-order valence-corrected chi connectivity index (χ2v) is 7.18. The normalized spacial score (nSPS) is 12.5. The van der Waals surface area contributed by atoms with Gasteiger partial charge in [0.2, 0.25) is 0 Å². The SMILES string of the molecule is CCCCOC(=O)C(C(C)=O)=C(C(=O)OCCCC)C(CCOC)C(=O)OCCCC. The van der Waals surface area contributed by atoms with Crippen molar-refractivity contribution in [3.05, 3.63) is 11.1 Å². The summed E-state index contributed by atoms with van der Waals surface area (Å²) in [5.41, 5.74) is -0.783. The second kappa shape index (κ2) is 17.5. The fourth-order valence-corrected chi connectivity index (χ4v) is 2.66. The number of hydrogen-bond donors (Lipinski definition) is 0. The zero-order valence-electron chi connectivity index (χ0n) is 19.6. The van der Waals surface area contributed by atoms with Crippen LogP contribution in [0.15, 0.2) is 11.1 Å². The molecule has 8 heteroatoms. The molecule has 0 rings (SSSR count). The van der Waals surface area contributed by atoms with Gasteiger partial charge in [0.15, 0.2) is 5.78 Å². The molecule has 0 aliphatic carbocycles. The molecule has 178 valence electrons. The fraction of sp³-hybridized carbons (Fsp3) is 0.739. The maximum absolute atomic E-state index is 12.9. The molecule has 0 aromatic heterocycles. The minimum atomic E-state index is -1.18. The highest BCUT2D eigenvalue weighted by molar-refractivity contribution is 6.21. The number of methoxy groups -OCH3 is 1. The minimum Gasteiger partial charge on any atom is -0.465 e. The first-order valence-corrected chi connectivity index (χ1v) is 11.1. The molecule has 8 nitrogen and oxygen atoms in total. The molecular weight excluding hydrogens is 404 g/mol. The maximum Gasteiger partial charge on any atom is 0.342 e. The number of esters is 3. The van der Waals surface area contributed by atoms with E-state index in [2.05, 4.69) is 0 Å². The van der Waals surface area contributed by atoms with E-state index in [9.17, 15) is 19.2 Å². The van der Waals surface area contributed by atoms with Crippen LogP contribution in [0, 0.1) is 5.92 Å². The molecule has 1 unspecified atom stereocenters. The van der Waals surface area contributed by atoms with E-state index in [0.29, 0.717) is 19.3 Å². The zero-order chi connectivity index (χ0) is 23.6. The van der Waals surface area contributed by atoms with Crippen LogP contribution in [0.3, 0.4) is 0 Å². The standard InChI is InChI=1S/C23H38O8/c1-6-9-13-29-21(25)18(12-16-28-5)20(23(27)31-15-11-8-3)19(17(4)24)22(26)30-14-10-7-2/h18H,6-16H2,1-5H3. The fourth-order valence-electron chi connectivity index (χ4n) is 2.66. The Labute approximate surface area is 185 Å². The molecule has 0 bridgehead atoms. The molecule has 0 amide bonds. The monoisotopic (exact) mass is 442 g/mol. The minimum absolute atomic E-state index is 0.0543. The highest BCUT2D eigenvalue weighted by Gasteiger charge is 2.37. The Kier molecular flexibility index (Phi) is 16.2. The van der Waals surface area contributed by atoms with Gasteiger partial charge < -0.3 is 18.9 Å². The number of Topliss-reactive ketones (excluding diaryl/α,β-unsaturated/α-hetero) is 1. The Morgan fingerprint density at radius 1 is 0.710 bits per heavy atom. The average molecular weight is 443 g/mol. The smallest absolute Gasteiger partial charge is 0.342 e. The largest absolute Gasteiger partial charge is 0.465 e. The van der Waals surface area contributed by atoms with Crippen molar-refractivity contribution >= 4 is 23.7 Å². The molecule has 0 saturated carbocycles. The van der Waals surface area contributed by atoms with E-state index in [1.807, 2.05) is 20.8 Å². The molecule has 31 heavy (non-hydrogen) atoms. The van der Waals surface area contributed by atoms with E-state index >= 15 is 0 Å². The summed E-state index contributed by atoms with van der Waals surface area (Å²) in [6.07, 6.45) is 4.33. The summed E-state index contributed by atoms with van der Waals surface area (Å²) in [5.74, 6) is -4.38. The van der Waals surface area contributed by atoms with Gasteiger partial charge in [-0.1, -0.05) is 40.0 Å². The second-order valence-electron chi connectivity index (χ2n) is 7.18. The van der Waals surface area contributed by atoms with Crippen molar-refractivity contribution in [2.45, 2.75) is 72.6 Å². The molecule has 0 N–H and O–H groups in total. The Bertz CT molecular complexity index is 609. The van der Waals surface area contributed by atoms with Gasteiger partial charge in [0.1, 0.15) is 5.57 Å². The zero-order valence-corrected chi connectivity index (χ0v) is 19.6. The Hall–Kier alpha value is -2.22.